The van der Waals surface area contributed by atoms with E-state index in [0.29, 0.717) is 19.5 Å². The molecule has 20 heavy (non-hydrogen) atoms. The number of aliphatic carboxylic acids is 1. The zero-order chi connectivity index (χ0) is 15.3. The van der Waals surface area contributed by atoms with Gasteiger partial charge in [-0.2, -0.15) is 0 Å². The Bertz CT molecular complexity index is 384. The Morgan fingerprint density at radius 1 is 1.50 bits per heavy atom. The van der Waals surface area contributed by atoms with Crippen LogP contribution in [0.3, 0.4) is 0 Å². The number of carboxylic acid groups (broad SMARTS) is 1. The van der Waals surface area contributed by atoms with Crippen LogP contribution in [-0.2, 0) is 9.59 Å². The third-order valence-corrected chi connectivity index (χ3v) is 3.49. The van der Waals surface area contributed by atoms with Crippen LogP contribution in [0.15, 0.2) is 0 Å². The summed E-state index contributed by atoms with van der Waals surface area (Å²) in [6.07, 6.45) is 0.408. The summed E-state index contributed by atoms with van der Waals surface area (Å²) in [6.45, 7) is 6.41. The van der Waals surface area contributed by atoms with E-state index >= 15 is 0 Å². The van der Waals surface area contributed by atoms with Crippen molar-refractivity contribution in [1.82, 2.24) is 15.5 Å². The van der Waals surface area contributed by atoms with Gasteiger partial charge in [-0.25, -0.2) is 4.79 Å². The molecule has 1 fully saturated rings. The van der Waals surface area contributed by atoms with Crippen molar-refractivity contribution in [3.8, 4) is 0 Å². The summed E-state index contributed by atoms with van der Waals surface area (Å²) in [7, 11) is 0. The maximum absolute atomic E-state index is 12.3. The number of carbonyl (C=O) groups is 3. The van der Waals surface area contributed by atoms with Crippen LogP contribution < -0.4 is 10.6 Å². The highest BCUT2D eigenvalue weighted by Gasteiger charge is 2.33. The minimum Gasteiger partial charge on any atom is -0.481 e. The van der Waals surface area contributed by atoms with Crippen LogP contribution in [0.5, 0.6) is 0 Å². The van der Waals surface area contributed by atoms with Crippen LogP contribution in [0.1, 0.15) is 33.6 Å². The first-order valence-corrected chi connectivity index (χ1v) is 6.93. The van der Waals surface area contributed by atoms with E-state index in [1.54, 1.807) is 0 Å². The Kier molecular flexibility index (Phi) is 5.79. The normalized spacial score (nSPS) is 20.5. The van der Waals surface area contributed by atoms with Crippen molar-refractivity contribution in [1.29, 1.82) is 0 Å². The molecule has 0 spiro atoms. The van der Waals surface area contributed by atoms with Gasteiger partial charge >= 0.3 is 12.0 Å². The van der Waals surface area contributed by atoms with Crippen LogP contribution in [0.2, 0.25) is 0 Å². The van der Waals surface area contributed by atoms with Gasteiger partial charge in [0.25, 0.3) is 0 Å². The summed E-state index contributed by atoms with van der Waals surface area (Å²) >= 11 is 0. The summed E-state index contributed by atoms with van der Waals surface area (Å²) in [5.41, 5.74) is 0. The molecule has 1 rings (SSSR count). The number of nitrogens with zero attached hydrogens (tertiary/aromatic N) is 1. The Morgan fingerprint density at radius 3 is 2.65 bits per heavy atom. The van der Waals surface area contributed by atoms with Crippen LogP contribution in [0.4, 0.5) is 4.79 Å². The lowest BCUT2D eigenvalue weighted by molar-refractivity contribution is -0.138. The second kappa shape index (κ2) is 7.12. The smallest absolute Gasteiger partial charge is 0.318 e. The lowest BCUT2D eigenvalue weighted by Gasteiger charge is -2.36. The molecule has 1 aliphatic heterocycles. The molecular weight excluding hydrogens is 262 g/mol. The van der Waals surface area contributed by atoms with Crippen LogP contribution in [0.25, 0.3) is 0 Å². The average molecular weight is 285 g/mol. The number of nitrogens with one attached hydrogen (secondary N) is 2. The lowest BCUT2D eigenvalue weighted by Crippen LogP contribution is -2.60. The predicted molar refractivity (Wildman–Crippen MR) is 73.2 cm³/mol. The molecule has 1 aliphatic rings. The number of hydrogen-bond acceptors (Lipinski definition) is 3. The second-order valence-corrected chi connectivity index (χ2v) is 5.31. The van der Waals surface area contributed by atoms with E-state index in [0.717, 1.165) is 0 Å². The van der Waals surface area contributed by atoms with Gasteiger partial charge in [-0.3, -0.25) is 9.59 Å². The molecule has 3 N–H and O–H groups in total. The Balaban J connectivity index is 2.71. The Morgan fingerprint density at radius 2 is 2.15 bits per heavy atom. The first-order valence-electron chi connectivity index (χ1n) is 6.93. The molecule has 0 aromatic carbocycles. The Hall–Kier alpha value is -1.79. The van der Waals surface area contributed by atoms with E-state index in [9.17, 15) is 14.4 Å². The molecule has 7 nitrogen and oxygen atoms in total. The van der Waals surface area contributed by atoms with Gasteiger partial charge in [0.1, 0.15) is 6.04 Å². The minimum absolute atomic E-state index is 0.00810. The van der Waals surface area contributed by atoms with Crippen LogP contribution in [0, 0.1) is 5.92 Å². The number of urea groups is 1. The molecule has 0 aromatic heterocycles. The maximum atomic E-state index is 12.3. The van der Waals surface area contributed by atoms with Crippen molar-refractivity contribution in [3.05, 3.63) is 0 Å². The third-order valence-electron chi connectivity index (χ3n) is 3.49. The fraction of sp³-hybridized carbons (Fsp3) is 0.769. The van der Waals surface area contributed by atoms with E-state index in [1.807, 2.05) is 20.8 Å². The van der Waals surface area contributed by atoms with Gasteiger partial charge in [-0.15, -0.1) is 0 Å². The number of hydrogen-bond donors (Lipinski definition) is 3. The standard InChI is InChI=1S/C13H23N3O4/c1-4-10-12(19)14-5-6-16(10)13(20)15-9(8(2)3)7-11(17)18/h8-10H,4-7H2,1-3H3,(H,14,19)(H,15,20)(H,17,18). The molecule has 1 saturated heterocycles. The molecule has 0 saturated carbocycles. The quantitative estimate of drug-likeness (QED) is 0.681. The molecular formula is C13H23N3O4. The van der Waals surface area contributed by atoms with Gasteiger partial charge in [0.15, 0.2) is 0 Å². The van der Waals surface area contributed by atoms with E-state index in [1.165, 1.54) is 4.90 Å². The molecule has 0 bridgehead atoms. The first kappa shape index (κ1) is 16.3. The molecule has 0 radical (unpaired) electrons. The van der Waals surface area contributed by atoms with Crippen molar-refractivity contribution < 1.29 is 19.5 Å². The highest BCUT2D eigenvalue weighted by molar-refractivity contribution is 5.88. The lowest BCUT2D eigenvalue weighted by atomic mass is 10.0. The number of piperazine rings is 1. The van der Waals surface area contributed by atoms with Crippen LogP contribution in [-0.4, -0.2) is 53.1 Å². The monoisotopic (exact) mass is 285 g/mol. The minimum atomic E-state index is -0.951. The molecule has 2 unspecified atom stereocenters. The van der Waals surface area contributed by atoms with Gasteiger partial charge in [0.2, 0.25) is 5.91 Å². The zero-order valence-corrected chi connectivity index (χ0v) is 12.2. The van der Waals surface area contributed by atoms with E-state index in [-0.39, 0.29) is 24.3 Å². The van der Waals surface area contributed by atoms with Gasteiger partial charge in [-0.05, 0) is 12.3 Å². The second-order valence-electron chi connectivity index (χ2n) is 5.31. The largest absolute Gasteiger partial charge is 0.481 e. The highest BCUT2D eigenvalue weighted by Crippen LogP contribution is 2.11. The van der Waals surface area contributed by atoms with Gasteiger partial charge in [0.05, 0.1) is 6.42 Å². The van der Waals surface area contributed by atoms with Gasteiger partial charge in [0, 0.05) is 19.1 Å². The van der Waals surface area contributed by atoms with Crippen molar-refractivity contribution in [3.63, 3.8) is 0 Å². The Labute approximate surface area is 118 Å². The molecule has 0 aromatic rings. The number of carboxylic acids is 1. The molecule has 2 atom stereocenters. The van der Waals surface area contributed by atoms with E-state index in [2.05, 4.69) is 10.6 Å². The first-order chi connectivity index (χ1) is 9.36. The highest BCUT2D eigenvalue weighted by atomic mass is 16.4. The van der Waals surface area contributed by atoms with Gasteiger partial charge in [-0.1, -0.05) is 20.8 Å². The summed E-state index contributed by atoms with van der Waals surface area (Å²) < 4.78 is 0. The van der Waals surface area contributed by atoms with E-state index < -0.39 is 18.1 Å². The van der Waals surface area contributed by atoms with Crippen LogP contribution >= 0.6 is 0 Å². The van der Waals surface area contributed by atoms with Crippen molar-refractivity contribution >= 4 is 17.9 Å². The fourth-order valence-corrected chi connectivity index (χ4v) is 2.25. The number of carbonyl (C=O) groups excluding carboxylic acids is 2. The molecule has 114 valence electrons. The van der Waals surface area contributed by atoms with Crippen molar-refractivity contribution in [2.75, 3.05) is 13.1 Å². The molecule has 3 amide bonds. The zero-order valence-electron chi connectivity index (χ0n) is 12.2. The number of rotatable bonds is 5. The molecule has 7 heteroatoms. The summed E-state index contributed by atoms with van der Waals surface area (Å²) in [6, 6.07) is -1.30. The third kappa shape index (κ3) is 4.11. The van der Waals surface area contributed by atoms with Gasteiger partial charge < -0.3 is 20.6 Å². The topological polar surface area (TPSA) is 98.7 Å². The van der Waals surface area contributed by atoms with E-state index in [4.69, 9.17) is 5.11 Å². The maximum Gasteiger partial charge on any atom is 0.318 e. The molecule has 0 aliphatic carbocycles. The van der Waals surface area contributed by atoms with Crippen molar-refractivity contribution in [2.24, 2.45) is 5.92 Å². The molecule has 1 heterocycles. The summed E-state index contributed by atoms with van der Waals surface area (Å²) in [5.74, 6) is -1.10. The fourth-order valence-electron chi connectivity index (χ4n) is 2.25. The summed E-state index contributed by atoms with van der Waals surface area (Å²) in [5, 5.41) is 14.3. The van der Waals surface area contributed by atoms with Crippen molar-refractivity contribution in [2.45, 2.75) is 45.7 Å². The summed E-state index contributed by atoms with van der Waals surface area (Å²) in [4.78, 5) is 36.3. The average Bonchev–Trinajstić information content (AvgIpc) is 2.36. The SMILES string of the molecule is CCC1C(=O)NCCN1C(=O)NC(CC(=O)O)C(C)C. The number of amides is 3. The predicted octanol–water partition coefficient (Wildman–Crippen LogP) is 0.406.